The van der Waals surface area contributed by atoms with Crippen LogP contribution in [0, 0.1) is 0 Å². The zero-order chi connectivity index (χ0) is 29.2. The first-order valence-corrected chi connectivity index (χ1v) is 15.3. The summed E-state index contributed by atoms with van der Waals surface area (Å²) in [5.74, 6) is 0.626. The summed E-state index contributed by atoms with van der Waals surface area (Å²) >= 11 is 0. The maximum Gasteiger partial charge on any atom is 0.265 e. The molecule has 0 spiro atoms. The predicted molar refractivity (Wildman–Crippen MR) is 150 cm³/mol. The molecule has 1 saturated heterocycles. The highest BCUT2D eigenvalue weighted by Gasteiger charge is 2.37. The van der Waals surface area contributed by atoms with Gasteiger partial charge in [-0.05, 0) is 31.9 Å². The molecule has 216 valence electrons. The Hall–Kier alpha value is -3.71. The van der Waals surface area contributed by atoms with Crippen molar-refractivity contribution >= 4 is 26.8 Å². The summed E-state index contributed by atoms with van der Waals surface area (Å²) in [6.45, 7) is 2.89. The number of rotatable bonds is 5. The van der Waals surface area contributed by atoms with Gasteiger partial charge in [-0.15, -0.1) is 0 Å². The topological polar surface area (TPSA) is 106 Å². The molecule has 0 aliphatic carbocycles. The molecule has 1 amide bonds. The fraction of sp³-hybridized carbons (Fsp3) is 0.429. The van der Waals surface area contributed by atoms with Crippen molar-refractivity contribution in [2.75, 3.05) is 26.4 Å². The van der Waals surface area contributed by atoms with Crippen LogP contribution >= 0.6 is 0 Å². The van der Waals surface area contributed by atoms with E-state index in [0.29, 0.717) is 60.2 Å². The lowest BCUT2D eigenvalue weighted by Crippen LogP contribution is -2.41. The van der Waals surface area contributed by atoms with Gasteiger partial charge < -0.3 is 9.47 Å². The summed E-state index contributed by atoms with van der Waals surface area (Å²) in [7, 11) is 0.160. The van der Waals surface area contributed by atoms with Gasteiger partial charge in [0.1, 0.15) is 11.9 Å². The van der Waals surface area contributed by atoms with Gasteiger partial charge in [0.15, 0.2) is 0 Å². The Morgan fingerprint density at radius 1 is 1.07 bits per heavy atom. The van der Waals surface area contributed by atoms with E-state index in [1.54, 1.807) is 35.9 Å². The van der Waals surface area contributed by atoms with Gasteiger partial charge in [-0.1, -0.05) is 12.1 Å². The molecule has 1 aromatic carbocycles. The van der Waals surface area contributed by atoms with Gasteiger partial charge in [0.25, 0.3) is 6.43 Å². The number of alkyl halides is 2. The Labute approximate surface area is 236 Å². The molecule has 2 aliphatic rings. The summed E-state index contributed by atoms with van der Waals surface area (Å²) in [6, 6.07) is 6.45. The predicted octanol–water partition coefficient (Wildman–Crippen LogP) is 4.11. The van der Waals surface area contributed by atoms with Crippen molar-refractivity contribution < 1.29 is 22.0 Å². The number of fused-ring (bicyclic) bond motifs is 2. The van der Waals surface area contributed by atoms with E-state index in [9.17, 15) is 22.0 Å². The standard InChI is InChI=1S/C28H31F2N7O3S/c1-16-28(38)34(2)15-23-25(33-27(37(16)23)17-8-10-36(11-9-17)41(4,39)40)19-6-5-7-22-20(19)12-21(26(29)30)24(32-22)18-13-31-35(3)14-18/h5-7,12-14,16-17,26H,8-11,15H2,1-4H3/t16-/m1/s1. The van der Waals surface area contributed by atoms with Crippen molar-refractivity contribution in [2.45, 2.75) is 44.7 Å². The number of imidazole rings is 1. The van der Waals surface area contributed by atoms with Gasteiger partial charge in [0.05, 0.1) is 41.6 Å². The van der Waals surface area contributed by atoms with Gasteiger partial charge in [0.2, 0.25) is 15.9 Å². The second-order valence-electron chi connectivity index (χ2n) is 10.9. The minimum Gasteiger partial charge on any atom is -0.338 e. The SMILES string of the molecule is C[C@@H]1C(=O)N(C)Cc2c(-c3cccc4nc(-c5cnn(C)c5)c(C(F)F)cc34)nc(C3CCN(S(C)(=O)=O)CC3)n21. The number of halogens is 2. The van der Waals surface area contributed by atoms with Crippen molar-refractivity contribution in [3.63, 3.8) is 0 Å². The van der Waals surface area contributed by atoms with Crippen LogP contribution in [0.3, 0.4) is 0 Å². The van der Waals surface area contributed by atoms with E-state index in [1.165, 1.54) is 22.8 Å². The molecule has 5 heterocycles. The summed E-state index contributed by atoms with van der Waals surface area (Å²) in [5.41, 5.74) is 3.14. The smallest absolute Gasteiger partial charge is 0.265 e. The highest BCUT2D eigenvalue weighted by Crippen LogP contribution is 2.41. The fourth-order valence-electron chi connectivity index (χ4n) is 6.11. The summed E-state index contributed by atoms with van der Waals surface area (Å²) in [5, 5.41) is 4.67. The van der Waals surface area contributed by atoms with Crippen LogP contribution in [0.1, 0.15) is 55.2 Å². The number of carbonyl (C=O) groups is 1. The van der Waals surface area contributed by atoms with Crippen LogP contribution in [-0.2, 0) is 28.4 Å². The van der Waals surface area contributed by atoms with Crippen LogP contribution < -0.4 is 0 Å². The molecular weight excluding hydrogens is 552 g/mol. The van der Waals surface area contributed by atoms with Crippen molar-refractivity contribution in [3.05, 3.63) is 53.7 Å². The lowest BCUT2D eigenvalue weighted by molar-refractivity contribution is -0.135. The Balaban J connectivity index is 1.52. The monoisotopic (exact) mass is 583 g/mol. The minimum atomic E-state index is -3.30. The number of hydrogen-bond donors (Lipinski definition) is 0. The largest absolute Gasteiger partial charge is 0.338 e. The Morgan fingerprint density at radius 2 is 1.80 bits per heavy atom. The van der Waals surface area contributed by atoms with Crippen molar-refractivity contribution in [1.82, 2.24) is 33.5 Å². The number of benzene rings is 1. The van der Waals surface area contributed by atoms with Crippen LogP contribution in [0.25, 0.3) is 33.4 Å². The van der Waals surface area contributed by atoms with E-state index in [2.05, 4.69) is 10.1 Å². The average molecular weight is 584 g/mol. The molecule has 0 unspecified atom stereocenters. The van der Waals surface area contributed by atoms with E-state index in [4.69, 9.17) is 4.98 Å². The van der Waals surface area contributed by atoms with E-state index >= 15 is 0 Å². The number of sulfonamides is 1. The minimum absolute atomic E-state index is 0.0445. The van der Waals surface area contributed by atoms with E-state index in [0.717, 1.165) is 11.5 Å². The quantitative estimate of drug-likeness (QED) is 0.350. The molecule has 4 aromatic rings. The number of aryl methyl sites for hydroxylation is 1. The first-order valence-electron chi connectivity index (χ1n) is 13.5. The highest BCUT2D eigenvalue weighted by atomic mass is 32.2. The maximum atomic E-state index is 14.4. The normalized spacial score (nSPS) is 19.0. The van der Waals surface area contributed by atoms with Gasteiger partial charge in [0, 0.05) is 61.4 Å². The summed E-state index contributed by atoms with van der Waals surface area (Å²) < 4.78 is 57.9. The van der Waals surface area contributed by atoms with Crippen LogP contribution in [0.15, 0.2) is 36.7 Å². The molecule has 0 bridgehead atoms. The van der Waals surface area contributed by atoms with Gasteiger partial charge >= 0.3 is 0 Å². The number of hydrogen-bond acceptors (Lipinski definition) is 6. The average Bonchev–Trinajstić information content (AvgIpc) is 3.54. The third-order valence-electron chi connectivity index (χ3n) is 8.19. The van der Waals surface area contributed by atoms with Gasteiger partial charge in [-0.25, -0.2) is 31.5 Å². The van der Waals surface area contributed by atoms with E-state index < -0.39 is 22.5 Å². The number of amides is 1. The van der Waals surface area contributed by atoms with Crippen LogP contribution in [0.5, 0.6) is 0 Å². The molecule has 6 rings (SSSR count). The third-order valence-corrected chi connectivity index (χ3v) is 9.49. The number of likely N-dealkylation sites (N-methyl/N-ethyl adjacent to an activating group) is 1. The summed E-state index contributed by atoms with van der Waals surface area (Å²) in [6.07, 6.45) is 2.77. The van der Waals surface area contributed by atoms with Crippen molar-refractivity contribution in [2.24, 2.45) is 7.05 Å². The van der Waals surface area contributed by atoms with Crippen molar-refractivity contribution in [1.29, 1.82) is 0 Å². The molecule has 1 atom stereocenters. The lowest BCUT2D eigenvalue weighted by Gasteiger charge is -2.34. The Bertz CT molecular complexity index is 1770. The number of aromatic nitrogens is 5. The third kappa shape index (κ3) is 4.70. The molecule has 13 heteroatoms. The first-order chi connectivity index (χ1) is 19.4. The molecular formula is C28H31F2N7O3S. The van der Waals surface area contributed by atoms with Crippen LogP contribution in [0.2, 0.25) is 0 Å². The van der Waals surface area contributed by atoms with Crippen LogP contribution in [0.4, 0.5) is 8.78 Å². The molecule has 3 aromatic heterocycles. The lowest BCUT2D eigenvalue weighted by atomic mass is 9.96. The van der Waals surface area contributed by atoms with Crippen molar-refractivity contribution in [3.8, 4) is 22.5 Å². The van der Waals surface area contributed by atoms with Crippen LogP contribution in [-0.4, -0.2) is 74.2 Å². The number of nitrogens with zero attached hydrogens (tertiary/aromatic N) is 7. The number of pyridine rings is 1. The highest BCUT2D eigenvalue weighted by molar-refractivity contribution is 7.88. The van der Waals surface area contributed by atoms with E-state index in [1.807, 2.05) is 23.6 Å². The van der Waals surface area contributed by atoms with E-state index in [-0.39, 0.29) is 23.1 Å². The number of carbonyl (C=O) groups excluding carboxylic acids is 1. The molecule has 2 aliphatic heterocycles. The molecule has 1 fully saturated rings. The maximum absolute atomic E-state index is 14.4. The zero-order valence-electron chi connectivity index (χ0n) is 23.3. The second kappa shape index (κ2) is 9.98. The Morgan fingerprint density at radius 3 is 2.44 bits per heavy atom. The first kappa shape index (κ1) is 27.5. The molecule has 0 N–H and O–H groups in total. The molecule has 0 saturated carbocycles. The second-order valence-corrected chi connectivity index (χ2v) is 12.9. The zero-order valence-corrected chi connectivity index (χ0v) is 24.1. The molecule has 0 radical (unpaired) electrons. The van der Waals surface area contributed by atoms with Gasteiger partial charge in [-0.3, -0.25) is 9.48 Å². The number of piperidine rings is 1. The molecule has 41 heavy (non-hydrogen) atoms. The fourth-order valence-corrected chi connectivity index (χ4v) is 6.98. The summed E-state index contributed by atoms with van der Waals surface area (Å²) in [4.78, 5) is 24.4. The van der Waals surface area contributed by atoms with Gasteiger partial charge in [-0.2, -0.15) is 5.10 Å². The molecule has 10 nitrogen and oxygen atoms in total. The Kier molecular flexibility index (Phi) is 6.68.